The summed E-state index contributed by atoms with van der Waals surface area (Å²) in [6, 6.07) is 13.6. The molecule has 0 spiro atoms. The van der Waals surface area contributed by atoms with Crippen molar-refractivity contribution in [1.29, 1.82) is 0 Å². The van der Waals surface area contributed by atoms with Gasteiger partial charge < -0.3 is 25.1 Å². The van der Waals surface area contributed by atoms with Crippen molar-refractivity contribution in [2.45, 2.75) is 32.6 Å². The molecule has 0 bridgehead atoms. The van der Waals surface area contributed by atoms with Crippen LogP contribution in [0, 0.1) is 0 Å². The van der Waals surface area contributed by atoms with E-state index in [9.17, 15) is 9.59 Å². The minimum Gasteiger partial charge on any atom is -0.497 e. The van der Waals surface area contributed by atoms with Gasteiger partial charge in [0.05, 0.1) is 25.9 Å². The Balaban J connectivity index is 0.000000442. The van der Waals surface area contributed by atoms with E-state index in [0.717, 1.165) is 37.1 Å². The zero-order chi connectivity index (χ0) is 23.1. The van der Waals surface area contributed by atoms with Crippen LogP contribution in [0.15, 0.2) is 60.7 Å². The highest BCUT2D eigenvalue weighted by atomic mass is 16.5. The standard InChI is InChI=1S/C17H22O5.C7H9NO/c1-13(2)17(20)22-12-6-4-3-5-11-21-15-9-7-14(8-10-15)16(18)19;1-9-7-4-2-6(8)3-5-7/h7-10H,1,3-6,11-12H2,2H3,(H,18,19);2-5H,8H2,1H3. The van der Waals surface area contributed by atoms with Crippen molar-refractivity contribution in [1.82, 2.24) is 0 Å². The van der Waals surface area contributed by atoms with Gasteiger partial charge in [-0.15, -0.1) is 0 Å². The van der Waals surface area contributed by atoms with E-state index in [1.807, 2.05) is 12.1 Å². The van der Waals surface area contributed by atoms with Crippen LogP contribution in [0.4, 0.5) is 5.69 Å². The minimum atomic E-state index is -0.945. The number of nitrogens with two attached hydrogens (primary N) is 1. The molecule has 0 aliphatic carbocycles. The number of nitrogen functional groups attached to an aromatic ring is 1. The van der Waals surface area contributed by atoms with Crippen molar-refractivity contribution < 1.29 is 28.9 Å². The minimum absolute atomic E-state index is 0.247. The summed E-state index contributed by atoms with van der Waals surface area (Å²) in [5, 5.41) is 8.78. The van der Waals surface area contributed by atoms with Crippen molar-refractivity contribution in [2.24, 2.45) is 0 Å². The Morgan fingerprint density at radius 3 is 1.97 bits per heavy atom. The number of unbranched alkanes of at least 4 members (excludes halogenated alkanes) is 3. The van der Waals surface area contributed by atoms with E-state index >= 15 is 0 Å². The highest BCUT2D eigenvalue weighted by Gasteiger charge is 2.03. The molecule has 0 saturated heterocycles. The largest absolute Gasteiger partial charge is 0.497 e. The molecule has 0 aromatic heterocycles. The second kappa shape index (κ2) is 14.5. The lowest BCUT2D eigenvalue weighted by atomic mass is 10.2. The molecule has 31 heavy (non-hydrogen) atoms. The van der Waals surface area contributed by atoms with Crippen LogP contribution in [0.25, 0.3) is 0 Å². The number of hydrogen-bond acceptors (Lipinski definition) is 6. The number of carboxylic acids is 1. The summed E-state index contributed by atoms with van der Waals surface area (Å²) in [5.74, 6) is 0.219. The van der Waals surface area contributed by atoms with E-state index in [-0.39, 0.29) is 11.5 Å². The summed E-state index contributed by atoms with van der Waals surface area (Å²) in [4.78, 5) is 21.8. The monoisotopic (exact) mass is 429 g/mol. The third kappa shape index (κ3) is 11.3. The highest BCUT2D eigenvalue weighted by Crippen LogP contribution is 2.13. The van der Waals surface area contributed by atoms with Gasteiger partial charge in [0, 0.05) is 11.3 Å². The van der Waals surface area contributed by atoms with Crippen LogP contribution in [-0.2, 0) is 9.53 Å². The quantitative estimate of drug-likeness (QED) is 0.230. The number of carbonyl (C=O) groups is 2. The zero-order valence-electron chi connectivity index (χ0n) is 18.1. The molecule has 3 N–H and O–H groups in total. The molecule has 2 rings (SSSR count). The van der Waals surface area contributed by atoms with Gasteiger partial charge >= 0.3 is 11.9 Å². The number of ether oxygens (including phenoxy) is 3. The average Bonchev–Trinajstić information content (AvgIpc) is 2.76. The van der Waals surface area contributed by atoms with Crippen LogP contribution in [0.3, 0.4) is 0 Å². The van der Waals surface area contributed by atoms with Crippen molar-refractivity contribution in [2.75, 3.05) is 26.1 Å². The summed E-state index contributed by atoms with van der Waals surface area (Å²) in [7, 11) is 1.63. The molecule has 0 radical (unpaired) electrons. The second-order valence-electron chi connectivity index (χ2n) is 6.78. The molecule has 7 heteroatoms. The summed E-state index contributed by atoms with van der Waals surface area (Å²) >= 11 is 0. The third-order valence-electron chi connectivity index (χ3n) is 4.11. The molecule has 0 amide bonds. The molecule has 0 heterocycles. The normalized spacial score (nSPS) is 9.74. The predicted octanol–water partition coefficient (Wildman–Crippen LogP) is 4.72. The second-order valence-corrected chi connectivity index (χ2v) is 6.78. The predicted molar refractivity (Wildman–Crippen MR) is 121 cm³/mol. The molecule has 0 unspecified atom stereocenters. The van der Waals surface area contributed by atoms with Gasteiger partial charge in [0.25, 0.3) is 0 Å². The SMILES string of the molecule is C=C(C)C(=O)OCCCCCCOc1ccc(C(=O)O)cc1.COc1ccc(N)cc1. The first-order valence-electron chi connectivity index (χ1n) is 10.0. The average molecular weight is 430 g/mol. The summed E-state index contributed by atoms with van der Waals surface area (Å²) < 4.78 is 15.4. The van der Waals surface area contributed by atoms with Gasteiger partial charge in [0.1, 0.15) is 11.5 Å². The molecule has 0 aliphatic heterocycles. The molecule has 2 aromatic carbocycles. The number of hydrogen-bond donors (Lipinski definition) is 2. The van der Waals surface area contributed by atoms with E-state index < -0.39 is 5.97 Å². The first-order valence-corrected chi connectivity index (χ1v) is 10.0. The Labute approximate surface area is 183 Å². The van der Waals surface area contributed by atoms with Crippen molar-refractivity contribution >= 4 is 17.6 Å². The van der Waals surface area contributed by atoms with E-state index in [0.29, 0.717) is 24.5 Å². The van der Waals surface area contributed by atoms with Gasteiger partial charge in [-0.2, -0.15) is 0 Å². The Morgan fingerprint density at radius 1 is 0.903 bits per heavy atom. The number of methoxy groups -OCH3 is 1. The van der Waals surface area contributed by atoms with Gasteiger partial charge in [0.15, 0.2) is 0 Å². The maximum Gasteiger partial charge on any atom is 0.335 e. The Kier molecular flexibility index (Phi) is 11.9. The maximum absolute atomic E-state index is 11.1. The van der Waals surface area contributed by atoms with E-state index in [1.54, 1.807) is 38.3 Å². The van der Waals surface area contributed by atoms with Crippen molar-refractivity contribution in [3.8, 4) is 11.5 Å². The fraction of sp³-hybridized carbons (Fsp3) is 0.333. The van der Waals surface area contributed by atoms with E-state index in [4.69, 9.17) is 25.1 Å². The molecular weight excluding hydrogens is 398 g/mol. The molecule has 2 aromatic rings. The molecule has 0 aliphatic rings. The molecule has 0 fully saturated rings. The van der Waals surface area contributed by atoms with Gasteiger partial charge in [-0.3, -0.25) is 0 Å². The molecular formula is C24H31NO6. The van der Waals surface area contributed by atoms with Gasteiger partial charge in [0.2, 0.25) is 0 Å². The molecule has 7 nitrogen and oxygen atoms in total. The summed E-state index contributed by atoms with van der Waals surface area (Å²) in [6.45, 7) is 6.14. The van der Waals surface area contributed by atoms with Crippen LogP contribution in [-0.4, -0.2) is 37.4 Å². The van der Waals surface area contributed by atoms with Gasteiger partial charge in [-0.25, -0.2) is 9.59 Å². The number of anilines is 1. The molecule has 168 valence electrons. The zero-order valence-corrected chi connectivity index (χ0v) is 18.1. The lowest BCUT2D eigenvalue weighted by Crippen LogP contribution is -2.06. The molecule has 0 saturated carbocycles. The Morgan fingerprint density at radius 2 is 1.45 bits per heavy atom. The van der Waals surface area contributed by atoms with Crippen LogP contribution in [0.5, 0.6) is 11.5 Å². The van der Waals surface area contributed by atoms with Crippen LogP contribution < -0.4 is 15.2 Å². The van der Waals surface area contributed by atoms with Crippen molar-refractivity contribution in [3.05, 3.63) is 66.2 Å². The fourth-order valence-electron chi connectivity index (χ4n) is 2.33. The number of carbonyl (C=O) groups excluding carboxylic acids is 1. The smallest absolute Gasteiger partial charge is 0.335 e. The topological polar surface area (TPSA) is 108 Å². The van der Waals surface area contributed by atoms with Crippen LogP contribution in [0.2, 0.25) is 0 Å². The number of benzene rings is 2. The third-order valence-corrected chi connectivity index (χ3v) is 4.11. The fourth-order valence-corrected chi connectivity index (χ4v) is 2.33. The Bertz CT molecular complexity index is 815. The molecule has 0 atom stereocenters. The first-order chi connectivity index (χ1) is 14.8. The number of esters is 1. The Hall–Kier alpha value is -3.48. The maximum atomic E-state index is 11.1. The highest BCUT2D eigenvalue weighted by molar-refractivity contribution is 5.87. The van der Waals surface area contributed by atoms with Gasteiger partial charge in [-0.1, -0.05) is 6.58 Å². The number of aromatic carboxylic acids is 1. The van der Waals surface area contributed by atoms with Crippen LogP contribution in [0.1, 0.15) is 43.0 Å². The summed E-state index contributed by atoms with van der Waals surface area (Å²) in [5.41, 5.74) is 6.85. The van der Waals surface area contributed by atoms with Gasteiger partial charge in [-0.05, 0) is 81.1 Å². The lowest BCUT2D eigenvalue weighted by Gasteiger charge is -2.07. The number of rotatable bonds is 11. The summed E-state index contributed by atoms with van der Waals surface area (Å²) in [6.07, 6.45) is 3.67. The first kappa shape index (κ1) is 25.6. The van der Waals surface area contributed by atoms with Crippen LogP contribution >= 0.6 is 0 Å². The number of carboxylic acid groups (broad SMARTS) is 1. The van der Waals surface area contributed by atoms with E-state index in [1.165, 1.54) is 12.1 Å². The lowest BCUT2D eigenvalue weighted by molar-refractivity contribution is -0.139. The van der Waals surface area contributed by atoms with E-state index in [2.05, 4.69) is 6.58 Å². The van der Waals surface area contributed by atoms with Crippen molar-refractivity contribution in [3.63, 3.8) is 0 Å².